The maximum atomic E-state index is 11.0. The Morgan fingerprint density at radius 1 is 1.56 bits per heavy atom. The van der Waals surface area contributed by atoms with Gasteiger partial charge in [0.2, 0.25) is 0 Å². The average molecular weight is 261 g/mol. The normalized spacial score (nSPS) is 10.6. The Morgan fingerprint density at radius 3 is 2.81 bits per heavy atom. The summed E-state index contributed by atoms with van der Waals surface area (Å²) >= 11 is 7.31. The van der Waals surface area contributed by atoms with Gasteiger partial charge in [0.25, 0.3) is 0 Å². The summed E-state index contributed by atoms with van der Waals surface area (Å²) in [7, 11) is 1.36. The van der Waals surface area contributed by atoms with E-state index in [1.807, 2.05) is 13.8 Å². The van der Waals surface area contributed by atoms with Gasteiger partial charge in [0.15, 0.2) is 0 Å². The topological polar surface area (TPSA) is 52.1 Å². The van der Waals surface area contributed by atoms with Gasteiger partial charge < -0.3 is 4.74 Å². The summed E-state index contributed by atoms with van der Waals surface area (Å²) in [6.45, 7) is 4.01. The molecule has 1 aromatic heterocycles. The molecule has 1 rings (SSSR count). The average Bonchev–Trinajstić information content (AvgIpc) is 2.25. The Bertz CT molecular complexity index is 385. The maximum absolute atomic E-state index is 11.0. The number of hydrogen-bond donors (Lipinski definition) is 0. The number of thioether (sulfide) groups is 1. The van der Waals surface area contributed by atoms with Crippen LogP contribution in [0.3, 0.4) is 0 Å². The zero-order valence-electron chi connectivity index (χ0n) is 9.36. The lowest BCUT2D eigenvalue weighted by Gasteiger charge is -2.11. The SMILES string of the molecule is COC(=O)CSc1ncnc(Cl)c1C(C)C. The molecule has 0 aliphatic heterocycles. The number of ether oxygens (including phenoxy) is 1. The lowest BCUT2D eigenvalue weighted by molar-refractivity contribution is -0.137. The van der Waals surface area contributed by atoms with Crippen molar-refractivity contribution in [3.05, 3.63) is 17.0 Å². The Morgan fingerprint density at radius 2 is 2.25 bits per heavy atom. The fraction of sp³-hybridized carbons (Fsp3) is 0.500. The van der Waals surface area contributed by atoms with Crippen LogP contribution in [0.5, 0.6) is 0 Å². The van der Waals surface area contributed by atoms with Crippen LogP contribution in [0.4, 0.5) is 0 Å². The highest BCUT2D eigenvalue weighted by atomic mass is 35.5. The van der Waals surface area contributed by atoms with Gasteiger partial charge in [-0.25, -0.2) is 9.97 Å². The number of rotatable bonds is 4. The van der Waals surface area contributed by atoms with E-state index in [-0.39, 0.29) is 17.6 Å². The van der Waals surface area contributed by atoms with E-state index < -0.39 is 0 Å². The van der Waals surface area contributed by atoms with E-state index in [0.29, 0.717) is 5.15 Å². The van der Waals surface area contributed by atoms with Gasteiger partial charge in [0.1, 0.15) is 16.5 Å². The minimum Gasteiger partial charge on any atom is -0.468 e. The van der Waals surface area contributed by atoms with Crippen molar-refractivity contribution in [3.8, 4) is 0 Å². The van der Waals surface area contributed by atoms with Crippen molar-refractivity contribution in [2.45, 2.75) is 24.8 Å². The molecular weight excluding hydrogens is 248 g/mol. The second-order valence-electron chi connectivity index (χ2n) is 3.40. The van der Waals surface area contributed by atoms with Crippen LogP contribution in [0.1, 0.15) is 25.3 Å². The quantitative estimate of drug-likeness (QED) is 0.473. The number of carbonyl (C=O) groups is 1. The zero-order valence-corrected chi connectivity index (χ0v) is 10.9. The second-order valence-corrected chi connectivity index (χ2v) is 4.72. The van der Waals surface area contributed by atoms with E-state index in [0.717, 1.165) is 10.6 Å². The van der Waals surface area contributed by atoms with Gasteiger partial charge in [0.05, 0.1) is 12.9 Å². The Balaban J connectivity index is 2.87. The Labute approximate surface area is 104 Å². The van der Waals surface area contributed by atoms with E-state index in [2.05, 4.69) is 14.7 Å². The third kappa shape index (κ3) is 3.35. The van der Waals surface area contributed by atoms with Crippen LogP contribution in [0.25, 0.3) is 0 Å². The lowest BCUT2D eigenvalue weighted by Crippen LogP contribution is -2.05. The fourth-order valence-electron chi connectivity index (χ4n) is 1.15. The zero-order chi connectivity index (χ0) is 12.1. The van der Waals surface area contributed by atoms with Gasteiger partial charge in [-0.05, 0) is 5.92 Å². The molecule has 0 bridgehead atoms. The van der Waals surface area contributed by atoms with Crippen LogP contribution in [-0.4, -0.2) is 28.8 Å². The number of esters is 1. The highest BCUT2D eigenvalue weighted by molar-refractivity contribution is 7.99. The highest BCUT2D eigenvalue weighted by Crippen LogP contribution is 2.30. The smallest absolute Gasteiger partial charge is 0.316 e. The minimum absolute atomic E-state index is 0.217. The van der Waals surface area contributed by atoms with Gasteiger partial charge in [0, 0.05) is 5.56 Å². The predicted octanol–water partition coefficient (Wildman–Crippen LogP) is 2.52. The monoisotopic (exact) mass is 260 g/mol. The first-order chi connectivity index (χ1) is 7.56. The summed E-state index contributed by atoms with van der Waals surface area (Å²) in [5.74, 6) is 0.159. The molecule has 0 N–H and O–H groups in total. The molecule has 0 saturated heterocycles. The summed E-state index contributed by atoms with van der Waals surface area (Å²) in [4.78, 5) is 19.1. The molecule has 88 valence electrons. The summed E-state index contributed by atoms with van der Waals surface area (Å²) in [6.07, 6.45) is 1.40. The molecule has 0 aliphatic rings. The van der Waals surface area contributed by atoms with Gasteiger partial charge in [-0.15, -0.1) is 0 Å². The Hall–Kier alpha value is -0.810. The lowest BCUT2D eigenvalue weighted by atomic mass is 10.1. The molecule has 0 unspecified atom stereocenters. The van der Waals surface area contributed by atoms with Crippen LogP contribution in [-0.2, 0) is 9.53 Å². The Kier molecular flexibility index (Phi) is 5.02. The molecule has 6 heteroatoms. The number of aromatic nitrogens is 2. The minimum atomic E-state index is -0.283. The van der Waals surface area contributed by atoms with Crippen LogP contribution in [0.15, 0.2) is 11.4 Å². The number of methoxy groups -OCH3 is 1. The molecule has 0 saturated carbocycles. The molecule has 1 heterocycles. The van der Waals surface area contributed by atoms with Gasteiger partial charge in [-0.1, -0.05) is 37.2 Å². The molecule has 0 radical (unpaired) electrons. The van der Waals surface area contributed by atoms with E-state index in [1.165, 1.54) is 25.2 Å². The van der Waals surface area contributed by atoms with Crippen molar-refractivity contribution in [1.29, 1.82) is 0 Å². The third-order valence-electron chi connectivity index (χ3n) is 1.93. The van der Waals surface area contributed by atoms with Crippen molar-refractivity contribution in [3.63, 3.8) is 0 Å². The summed E-state index contributed by atoms with van der Waals surface area (Å²) in [5, 5.41) is 1.18. The van der Waals surface area contributed by atoms with Crippen molar-refractivity contribution in [2.24, 2.45) is 0 Å². The number of hydrogen-bond acceptors (Lipinski definition) is 5. The molecule has 0 aromatic carbocycles. The molecule has 4 nitrogen and oxygen atoms in total. The molecule has 0 amide bonds. The first kappa shape index (κ1) is 13.3. The van der Waals surface area contributed by atoms with Crippen LogP contribution in [0.2, 0.25) is 5.15 Å². The van der Waals surface area contributed by atoms with E-state index in [1.54, 1.807) is 0 Å². The van der Waals surface area contributed by atoms with Crippen molar-refractivity contribution >= 4 is 29.3 Å². The van der Waals surface area contributed by atoms with Gasteiger partial charge >= 0.3 is 5.97 Å². The van der Waals surface area contributed by atoms with Crippen molar-refractivity contribution < 1.29 is 9.53 Å². The molecule has 0 aliphatic carbocycles. The van der Waals surface area contributed by atoms with Crippen LogP contribution >= 0.6 is 23.4 Å². The fourth-order valence-corrected chi connectivity index (χ4v) is 2.54. The maximum Gasteiger partial charge on any atom is 0.316 e. The predicted molar refractivity (Wildman–Crippen MR) is 63.9 cm³/mol. The van der Waals surface area contributed by atoms with Gasteiger partial charge in [-0.2, -0.15) is 0 Å². The number of nitrogens with zero attached hydrogens (tertiary/aromatic N) is 2. The standard InChI is InChI=1S/C10H13ClN2O2S/c1-6(2)8-9(11)12-5-13-10(8)16-4-7(14)15-3/h5-6H,4H2,1-3H3. The largest absolute Gasteiger partial charge is 0.468 e. The van der Waals surface area contributed by atoms with E-state index in [9.17, 15) is 4.79 Å². The third-order valence-corrected chi connectivity index (χ3v) is 3.21. The summed E-state index contributed by atoms with van der Waals surface area (Å²) in [6, 6.07) is 0. The van der Waals surface area contributed by atoms with Crippen molar-refractivity contribution in [1.82, 2.24) is 9.97 Å². The summed E-state index contributed by atoms with van der Waals surface area (Å²) < 4.78 is 4.57. The molecule has 16 heavy (non-hydrogen) atoms. The first-order valence-corrected chi connectivity index (χ1v) is 6.12. The van der Waals surface area contributed by atoms with Crippen LogP contribution < -0.4 is 0 Å². The number of halogens is 1. The first-order valence-electron chi connectivity index (χ1n) is 4.76. The molecule has 0 atom stereocenters. The molecular formula is C10H13ClN2O2S. The molecule has 0 spiro atoms. The van der Waals surface area contributed by atoms with Crippen molar-refractivity contribution in [2.75, 3.05) is 12.9 Å². The van der Waals surface area contributed by atoms with E-state index >= 15 is 0 Å². The number of carbonyl (C=O) groups excluding carboxylic acids is 1. The van der Waals surface area contributed by atoms with E-state index in [4.69, 9.17) is 11.6 Å². The highest BCUT2D eigenvalue weighted by Gasteiger charge is 2.15. The van der Waals surface area contributed by atoms with Gasteiger partial charge in [-0.3, -0.25) is 4.79 Å². The summed E-state index contributed by atoms with van der Waals surface area (Å²) in [5.41, 5.74) is 0.873. The van der Waals surface area contributed by atoms with Crippen LogP contribution in [0, 0.1) is 0 Å². The second kappa shape index (κ2) is 6.06. The molecule has 1 aromatic rings. The molecule has 0 fully saturated rings.